The number of carbonyl (C=O) groups excluding carboxylic acids is 1. The second-order valence-electron chi connectivity index (χ2n) is 3.06. The first kappa shape index (κ1) is 11.5. The van der Waals surface area contributed by atoms with Crippen molar-refractivity contribution in [3.05, 3.63) is 28.5 Å². The summed E-state index contributed by atoms with van der Waals surface area (Å²) in [6.07, 6.45) is 1.16. The Kier molecular flexibility index (Phi) is 3.26. The van der Waals surface area contributed by atoms with E-state index in [0.29, 0.717) is 0 Å². The number of aromatic carboxylic acids is 1. The summed E-state index contributed by atoms with van der Waals surface area (Å²) in [5.74, 6) is -1.62. The average molecular weight is 229 g/mol. The van der Waals surface area contributed by atoms with Gasteiger partial charge in [0.1, 0.15) is 5.15 Å². The molecule has 1 heterocycles. The minimum atomic E-state index is -1.20. The van der Waals surface area contributed by atoms with Crippen LogP contribution in [0, 0.1) is 0 Å². The van der Waals surface area contributed by atoms with Crippen LogP contribution in [0.25, 0.3) is 0 Å². The van der Waals surface area contributed by atoms with Gasteiger partial charge in [-0.3, -0.25) is 4.79 Å². The van der Waals surface area contributed by atoms with Crippen LogP contribution in [0.3, 0.4) is 0 Å². The first-order chi connectivity index (χ1) is 6.93. The van der Waals surface area contributed by atoms with Crippen LogP contribution in [-0.4, -0.2) is 41.0 Å². The highest BCUT2D eigenvalue weighted by Crippen LogP contribution is 2.14. The molecule has 15 heavy (non-hydrogen) atoms. The van der Waals surface area contributed by atoms with E-state index in [0.717, 1.165) is 12.3 Å². The molecule has 1 N–H and O–H groups in total. The van der Waals surface area contributed by atoms with E-state index in [1.54, 1.807) is 0 Å². The van der Waals surface area contributed by atoms with Gasteiger partial charge in [0.15, 0.2) is 0 Å². The highest BCUT2D eigenvalue weighted by molar-refractivity contribution is 6.29. The van der Waals surface area contributed by atoms with Crippen LogP contribution in [0.5, 0.6) is 0 Å². The second-order valence-corrected chi connectivity index (χ2v) is 3.44. The number of hydrogen-bond donors (Lipinski definition) is 1. The number of carboxylic acid groups (broad SMARTS) is 1. The molecule has 0 aromatic carbocycles. The van der Waals surface area contributed by atoms with Crippen molar-refractivity contribution in [2.75, 3.05) is 14.1 Å². The molecular weight excluding hydrogens is 220 g/mol. The van der Waals surface area contributed by atoms with E-state index in [2.05, 4.69) is 4.98 Å². The van der Waals surface area contributed by atoms with Crippen LogP contribution in [-0.2, 0) is 0 Å². The van der Waals surface area contributed by atoms with Gasteiger partial charge >= 0.3 is 5.97 Å². The van der Waals surface area contributed by atoms with Crippen molar-refractivity contribution in [1.29, 1.82) is 0 Å². The molecule has 1 rings (SSSR count). The van der Waals surface area contributed by atoms with E-state index in [4.69, 9.17) is 16.7 Å². The molecule has 0 saturated carbocycles. The average Bonchev–Trinajstić information content (AvgIpc) is 2.16. The zero-order chi connectivity index (χ0) is 11.6. The normalized spacial score (nSPS) is 9.80. The van der Waals surface area contributed by atoms with Crippen LogP contribution in [0.15, 0.2) is 12.3 Å². The van der Waals surface area contributed by atoms with E-state index < -0.39 is 11.9 Å². The molecule has 0 saturated heterocycles. The molecule has 1 amide bonds. The number of rotatable bonds is 2. The van der Waals surface area contributed by atoms with Crippen molar-refractivity contribution in [2.24, 2.45) is 0 Å². The number of carboxylic acids is 1. The van der Waals surface area contributed by atoms with Gasteiger partial charge in [-0.25, -0.2) is 9.78 Å². The highest BCUT2D eigenvalue weighted by atomic mass is 35.5. The van der Waals surface area contributed by atoms with E-state index in [9.17, 15) is 9.59 Å². The van der Waals surface area contributed by atoms with Crippen LogP contribution in [0.2, 0.25) is 5.15 Å². The number of hydrogen-bond acceptors (Lipinski definition) is 3. The van der Waals surface area contributed by atoms with Crippen LogP contribution in [0.4, 0.5) is 0 Å². The fourth-order valence-electron chi connectivity index (χ4n) is 1.02. The van der Waals surface area contributed by atoms with Crippen molar-refractivity contribution in [1.82, 2.24) is 9.88 Å². The Morgan fingerprint density at radius 1 is 1.40 bits per heavy atom. The Morgan fingerprint density at radius 3 is 2.47 bits per heavy atom. The third kappa shape index (κ3) is 2.44. The molecule has 0 unspecified atom stereocenters. The van der Waals surface area contributed by atoms with Crippen LogP contribution < -0.4 is 0 Å². The summed E-state index contributed by atoms with van der Waals surface area (Å²) in [5, 5.41) is 8.91. The Labute approximate surface area is 91.3 Å². The maximum Gasteiger partial charge on any atom is 0.336 e. The number of nitrogens with zero attached hydrogens (tertiary/aromatic N) is 2. The van der Waals surface area contributed by atoms with Gasteiger partial charge in [0, 0.05) is 20.3 Å². The van der Waals surface area contributed by atoms with Gasteiger partial charge in [0.25, 0.3) is 5.91 Å². The minimum Gasteiger partial charge on any atom is -0.478 e. The number of amides is 1. The van der Waals surface area contributed by atoms with Crippen molar-refractivity contribution in [2.45, 2.75) is 0 Å². The van der Waals surface area contributed by atoms with Gasteiger partial charge in [-0.15, -0.1) is 0 Å². The van der Waals surface area contributed by atoms with Crippen LogP contribution in [0.1, 0.15) is 20.7 Å². The zero-order valence-corrected chi connectivity index (χ0v) is 8.95. The number of aromatic nitrogens is 1. The van der Waals surface area contributed by atoms with E-state index in [1.165, 1.54) is 19.0 Å². The van der Waals surface area contributed by atoms with Crippen molar-refractivity contribution >= 4 is 23.5 Å². The van der Waals surface area contributed by atoms with E-state index in [1.807, 2.05) is 0 Å². The lowest BCUT2D eigenvalue weighted by Gasteiger charge is -2.11. The van der Waals surface area contributed by atoms with Crippen molar-refractivity contribution in [3.63, 3.8) is 0 Å². The van der Waals surface area contributed by atoms with Gasteiger partial charge < -0.3 is 10.0 Å². The molecule has 0 fully saturated rings. The van der Waals surface area contributed by atoms with Crippen molar-refractivity contribution < 1.29 is 14.7 Å². The van der Waals surface area contributed by atoms with Crippen molar-refractivity contribution in [3.8, 4) is 0 Å². The molecule has 6 heteroatoms. The standard InChI is InChI=1S/C9H9ClN2O3/c1-12(2)8(13)6-4-11-7(10)3-5(6)9(14)15/h3-4H,1-2H3,(H,14,15). The smallest absolute Gasteiger partial charge is 0.336 e. The monoisotopic (exact) mass is 228 g/mol. The molecule has 0 aliphatic carbocycles. The molecular formula is C9H9ClN2O3. The fraction of sp³-hybridized carbons (Fsp3) is 0.222. The predicted molar refractivity (Wildman–Crippen MR) is 54.2 cm³/mol. The summed E-state index contributed by atoms with van der Waals surface area (Å²) in [6, 6.07) is 1.15. The van der Waals surface area contributed by atoms with Gasteiger partial charge in [0.05, 0.1) is 11.1 Å². The molecule has 0 radical (unpaired) electrons. The third-order valence-electron chi connectivity index (χ3n) is 1.74. The fourth-order valence-corrected chi connectivity index (χ4v) is 1.18. The molecule has 1 aromatic rings. The predicted octanol–water partition coefficient (Wildman–Crippen LogP) is 1.14. The molecule has 1 aromatic heterocycles. The van der Waals surface area contributed by atoms with Gasteiger partial charge in [0.2, 0.25) is 0 Å². The van der Waals surface area contributed by atoms with E-state index >= 15 is 0 Å². The highest BCUT2D eigenvalue weighted by Gasteiger charge is 2.18. The molecule has 0 atom stereocenters. The van der Waals surface area contributed by atoms with E-state index in [-0.39, 0.29) is 16.3 Å². The summed E-state index contributed by atoms with van der Waals surface area (Å²) in [4.78, 5) is 27.4. The maximum atomic E-state index is 11.6. The number of halogens is 1. The largest absolute Gasteiger partial charge is 0.478 e. The zero-order valence-electron chi connectivity index (χ0n) is 8.19. The molecule has 80 valence electrons. The summed E-state index contributed by atoms with van der Waals surface area (Å²) in [7, 11) is 3.06. The van der Waals surface area contributed by atoms with Gasteiger partial charge in [-0.05, 0) is 6.07 Å². The topological polar surface area (TPSA) is 70.5 Å². The Morgan fingerprint density at radius 2 is 2.00 bits per heavy atom. The Balaban J connectivity index is 3.29. The van der Waals surface area contributed by atoms with Crippen LogP contribution >= 0.6 is 11.6 Å². The summed E-state index contributed by atoms with van der Waals surface area (Å²) < 4.78 is 0. The van der Waals surface area contributed by atoms with Gasteiger partial charge in [-0.1, -0.05) is 11.6 Å². The summed E-state index contributed by atoms with van der Waals surface area (Å²) >= 11 is 5.55. The summed E-state index contributed by atoms with van der Waals surface area (Å²) in [6.45, 7) is 0. The molecule has 0 aliphatic heterocycles. The lowest BCUT2D eigenvalue weighted by Crippen LogP contribution is -2.24. The first-order valence-corrected chi connectivity index (χ1v) is 4.41. The lowest BCUT2D eigenvalue weighted by molar-refractivity contribution is 0.0685. The molecule has 0 aliphatic rings. The number of carbonyl (C=O) groups is 2. The Hall–Kier alpha value is -1.62. The molecule has 5 nitrogen and oxygen atoms in total. The minimum absolute atomic E-state index is 0.0249. The molecule has 0 bridgehead atoms. The number of pyridine rings is 1. The summed E-state index contributed by atoms with van der Waals surface area (Å²) in [5.41, 5.74) is -0.120. The quantitative estimate of drug-likeness (QED) is 0.771. The Bertz CT molecular complexity index is 418. The van der Waals surface area contributed by atoms with Gasteiger partial charge in [-0.2, -0.15) is 0 Å². The second kappa shape index (κ2) is 4.27. The third-order valence-corrected chi connectivity index (χ3v) is 1.94. The maximum absolute atomic E-state index is 11.6. The first-order valence-electron chi connectivity index (χ1n) is 4.04. The lowest BCUT2D eigenvalue weighted by atomic mass is 10.1. The SMILES string of the molecule is CN(C)C(=O)c1cnc(Cl)cc1C(=O)O. The molecule has 0 spiro atoms.